The van der Waals surface area contributed by atoms with Crippen LogP contribution in [0.5, 0.6) is 0 Å². The summed E-state index contributed by atoms with van der Waals surface area (Å²) in [5, 5.41) is 10.7. The van der Waals surface area contributed by atoms with E-state index in [0.29, 0.717) is 25.0 Å². The Bertz CT molecular complexity index is 929. The topological polar surface area (TPSA) is 96.6 Å². The van der Waals surface area contributed by atoms with Gasteiger partial charge in [-0.1, -0.05) is 0 Å². The first kappa shape index (κ1) is 18.1. The van der Waals surface area contributed by atoms with Crippen molar-refractivity contribution < 1.29 is 22.1 Å². The molecule has 0 saturated carbocycles. The summed E-state index contributed by atoms with van der Waals surface area (Å²) in [4.78, 5) is 15.6. The first-order valence-electron chi connectivity index (χ1n) is 7.59. The molecule has 26 heavy (non-hydrogen) atoms. The van der Waals surface area contributed by atoms with Crippen molar-refractivity contribution in [2.75, 3.05) is 31.1 Å². The smallest absolute Gasteiger partial charge is 0.287 e. The second kappa shape index (κ2) is 6.92. The molecule has 0 amide bonds. The number of hydrogen-bond donors (Lipinski definition) is 0. The monoisotopic (exact) mass is 384 g/mol. The van der Waals surface area contributed by atoms with Crippen LogP contribution in [0.25, 0.3) is 0 Å². The Morgan fingerprint density at radius 1 is 1.04 bits per heavy atom. The lowest BCUT2D eigenvalue weighted by Gasteiger charge is -2.34. The maximum absolute atomic E-state index is 13.3. The van der Waals surface area contributed by atoms with Gasteiger partial charge in [-0.3, -0.25) is 10.1 Å². The highest BCUT2D eigenvalue weighted by Crippen LogP contribution is 2.22. The number of aromatic nitrogens is 1. The van der Waals surface area contributed by atoms with Crippen LogP contribution < -0.4 is 4.90 Å². The molecule has 0 bridgehead atoms. The molecular formula is C15H14F2N4O4S. The van der Waals surface area contributed by atoms with Crippen molar-refractivity contribution in [3.8, 4) is 0 Å². The molecule has 8 nitrogen and oxygen atoms in total. The van der Waals surface area contributed by atoms with E-state index < -0.39 is 26.6 Å². The van der Waals surface area contributed by atoms with Crippen LogP contribution in [0.2, 0.25) is 0 Å². The molecule has 1 aliphatic heterocycles. The Kier molecular flexibility index (Phi) is 4.83. The van der Waals surface area contributed by atoms with E-state index in [-0.39, 0.29) is 23.7 Å². The van der Waals surface area contributed by atoms with Crippen molar-refractivity contribution in [3.63, 3.8) is 0 Å². The summed E-state index contributed by atoms with van der Waals surface area (Å²) in [6, 6.07) is 5.29. The van der Waals surface area contributed by atoms with Gasteiger partial charge in [0.1, 0.15) is 12.0 Å². The van der Waals surface area contributed by atoms with Gasteiger partial charge in [0.05, 0.1) is 9.82 Å². The van der Waals surface area contributed by atoms with E-state index in [4.69, 9.17) is 0 Å². The first-order chi connectivity index (χ1) is 12.3. The van der Waals surface area contributed by atoms with Crippen LogP contribution in [-0.4, -0.2) is 48.8 Å². The van der Waals surface area contributed by atoms with Crippen molar-refractivity contribution in [1.29, 1.82) is 0 Å². The third kappa shape index (κ3) is 3.48. The minimum atomic E-state index is -3.93. The van der Waals surface area contributed by atoms with Gasteiger partial charge in [0.25, 0.3) is 5.69 Å². The van der Waals surface area contributed by atoms with Crippen LogP contribution in [0, 0.1) is 21.7 Å². The van der Waals surface area contributed by atoms with E-state index in [1.54, 1.807) is 4.90 Å². The third-order valence-corrected chi connectivity index (χ3v) is 5.93. The largest absolute Gasteiger partial charge is 0.354 e. The molecule has 1 aromatic carbocycles. The molecular weight excluding hydrogens is 370 g/mol. The molecule has 0 radical (unpaired) electrons. The van der Waals surface area contributed by atoms with Crippen molar-refractivity contribution in [3.05, 3.63) is 58.3 Å². The fourth-order valence-electron chi connectivity index (χ4n) is 2.62. The maximum atomic E-state index is 13.3. The van der Waals surface area contributed by atoms with E-state index in [1.807, 2.05) is 0 Å². The average molecular weight is 384 g/mol. The van der Waals surface area contributed by atoms with Gasteiger partial charge in [-0.25, -0.2) is 22.2 Å². The molecule has 0 unspecified atom stereocenters. The molecule has 0 spiro atoms. The maximum Gasteiger partial charge on any atom is 0.287 e. The molecule has 1 aliphatic rings. The summed E-state index contributed by atoms with van der Waals surface area (Å²) in [5.74, 6) is -1.83. The van der Waals surface area contributed by atoms with E-state index in [1.165, 1.54) is 16.4 Å². The molecule has 11 heteroatoms. The van der Waals surface area contributed by atoms with Gasteiger partial charge >= 0.3 is 0 Å². The summed E-state index contributed by atoms with van der Waals surface area (Å²) >= 11 is 0. The second-order valence-corrected chi connectivity index (χ2v) is 7.54. The Balaban J connectivity index is 1.71. The highest BCUT2D eigenvalue weighted by atomic mass is 32.2. The lowest BCUT2D eigenvalue weighted by atomic mass is 10.3. The predicted molar refractivity (Wildman–Crippen MR) is 88.2 cm³/mol. The number of benzene rings is 1. The summed E-state index contributed by atoms with van der Waals surface area (Å²) in [5.41, 5.74) is -0.131. The molecule has 2 heterocycles. The lowest BCUT2D eigenvalue weighted by Crippen LogP contribution is -2.48. The minimum Gasteiger partial charge on any atom is -0.354 e. The molecule has 1 saturated heterocycles. The molecule has 2 aromatic rings. The quantitative estimate of drug-likeness (QED) is 0.589. The van der Waals surface area contributed by atoms with Gasteiger partial charge in [-0.15, -0.1) is 0 Å². The summed E-state index contributed by atoms with van der Waals surface area (Å²) in [6.07, 6.45) is 1.14. The summed E-state index contributed by atoms with van der Waals surface area (Å²) in [7, 11) is -3.93. The fourth-order valence-corrected chi connectivity index (χ4v) is 4.05. The van der Waals surface area contributed by atoms with E-state index in [9.17, 15) is 27.3 Å². The number of piperazine rings is 1. The average Bonchev–Trinajstić information content (AvgIpc) is 2.64. The number of sulfonamides is 1. The number of anilines is 1. The number of nitrogens with zero attached hydrogens (tertiary/aromatic N) is 4. The number of rotatable bonds is 4. The molecule has 138 valence electrons. The zero-order chi connectivity index (χ0) is 18.9. The number of hydrogen-bond acceptors (Lipinski definition) is 6. The highest BCUT2D eigenvalue weighted by Gasteiger charge is 2.29. The second-order valence-electron chi connectivity index (χ2n) is 5.60. The summed E-state index contributed by atoms with van der Waals surface area (Å²) < 4.78 is 52.6. The molecule has 0 N–H and O–H groups in total. The Morgan fingerprint density at radius 3 is 2.27 bits per heavy atom. The number of pyridine rings is 1. The molecule has 1 fully saturated rings. The Hall–Kier alpha value is -2.66. The van der Waals surface area contributed by atoms with Crippen molar-refractivity contribution in [2.45, 2.75) is 4.90 Å². The highest BCUT2D eigenvalue weighted by molar-refractivity contribution is 7.89. The standard InChI is InChI=1S/C15H14F2N4O4S/c16-13-3-2-12(9-14(13)17)26(24,25)20-7-5-19(6-8-20)15-4-1-11(10-18-15)21(22)23/h1-4,9-10H,5-8H2. The van der Waals surface area contributed by atoms with Crippen LogP contribution >= 0.6 is 0 Å². The Morgan fingerprint density at radius 2 is 1.73 bits per heavy atom. The zero-order valence-electron chi connectivity index (χ0n) is 13.4. The molecule has 0 atom stereocenters. The normalized spacial score (nSPS) is 15.8. The van der Waals surface area contributed by atoms with Gasteiger partial charge in [0.15, 0.2) is 11.6 Å². The SMILES string of the molecule is O=[N+]([O-])c1ccc(N2CCN(S(=O)(=O)c3ccc(F)c(F)c3)CC2)nc1. The van der Waals surface area contributed by atoms with E-state index in [2.05, 4.69) is 4.98 Å². The van der Waals surface area contributed by atoms with Gasteiger partial charge in [0, 0.05) is 32.2 Å². The molecule has 1 aromatic heterocycles. The van der Waals surface area contributed by atoms with Gasteiger partial charge in [-0.2, -0.15) is 4.31 Å². The Labute approximate surface area is 147 Å². The number of halogens is 2. The molecule has 3 rings (SSSR count). The van der Waals surface area contributed by atoms with E-state index >= 15 is 0 Å². The van der Waals surface area contributed by atoms with Crippen molar-refractivity contribution in [2.24, 2.45) is 0 Å². The lowest BCUT2D eigenvalue weighted by molar-refractivity contribution is -0.385. The van der Waals surface area contributed by atoms with Crippen LogP contribution in [-0.2, 0) is 10.0 Å². The van der Waals surface area contributed by atoms with Crippen molar-refractivity contribution >= 4 is 21.5 Å². The van der Waals surface area contributed by atoms with Crippen LogP contribution in [0.4, 0.5) is 20.3 Å². The van der Waals surface area contributed by atoms with Gasteiger partial charge in [-0.05, 0) is 24.3 Å². The fraction of sp³-hybridized carbons (Fsp3) is 0.267. The van der Waals surface area contributed by atoms with Crippen molar-refractivity contribution in [1.82, 2.24) is 9.29 Å². The van der Waals surface area contributed by atoms with Crippen LogP contribution in [0.3, 0.4) is 0 Å². The minimum absolute atomic E-state index is 0.125. The van der Waals surface area contributed by atoms with Gasteiger partial charge in [0.2, 0.25) is 10.0 Å². The first-order valence-corrected chi connectivity index (χ1v) is 9.03. The number of nitro groups is 1. The van der Waals surface area contributed by atoms with Crippen LogP contribution in [0.1, 0.15) is 0 Å². The van der Waals surface area contributed by atoms with E-state index in [0.717, 1.165) is 18.3 Å². The zero-order valence-corrected chi connectivity index (χ0v) is 14.2. The van der Waals surface area contributed by atoms with Gasteiger partial charge < -0.3 is 4.90 Å². The third-order valence-electron chi connectivity index (χ3n) is 4.03. The van der Waals surface area contributed by atoms with Crippen LogP contribution in [0.15, 0.2) is 41.4 Å². The molecule has 0 aliphatic carbocycles. The summed E-state index contributed by atoms with van der Waals surface area (Å²) in [6.45, 7) is 0.876. The predicted octanol–water partition coefficient (Wildman–Crippen LogP) is 1.78.